The standard InChI is InChI=1S/C10H12O5/c1-14-8-4-2-3-5-9(8)15-10(13)7(12)6-11/h2-5,7,11-12H,6H2,1H3/t7-/m1/s1. The summed E-state index contributed by atoms with van der Waals surface area (Å²) < 4.78 is 9.75. The van der Waals surface area contributed by atoms with Crippen molar-refractivity contribution in [3.63, 3.8) is 0 Å². The molecule has 0 aliphatic rings. The molecule has 5 heteroatoms. The van der Waals surface area contributed by atoms with Crippen LogP contribution < -0.4 is 9.47 Å². The number of aliphatic hydroxyl groups excluding tert-OH is 2. The van der Waals surface area contributed by atoms with Gasteiger partial charge in [0.15, 0.2) is 17.6 Å². The van der Waals surface area contributed by atoms with Crippen LogP contribution in [0, 0.1) is 0 Å². The molecule has 1 rings (SSSR count). The first kappa shape index (κ1) is 11.5. The van der Waals surface area contributed by atoms with Crippen molar-refractivity contribution in [1.82, 2.24) is 0 Å². The number of esters is 1. The zero-order chi connectivity index (χ0) is 11.3. The highest BCUT2D eigenvalue weighted by Gasteiger charge is 2.17. The fourth-order valence-electron chi connectivity index (χ4n) is 0.954. The Morgan fingerprint density at radius 1 is 1.40 bits per heavy atom. The van der Waals surface area contributed by atoms with Gasteiger partial charge in [-0.25, -0.2) is 4.79 Å². The molecular formula is C10H12O5. The third-order valence-corrected chi connectivity index (χ3v) is 1.72. The van der Waals surface area contributed by atoms with Crippen molar-refractivity contribution in [2.45, 2.75) is 6.10 Å². The second-order valence-corrected chi connectivity index (χ2v) is 2.77. The van der Waals surface area contributed by atoms with Gasteiger partial charge in [0.2, 0.25) is 0 Å². The normalized spacial score (nSPS) is 11.9. The monoisotopic (exact) mass is 212 g/mol. The molecule has 0 amide bonds. The van der Waals surface area contributed by atoms with Crippen molar-refractivity contribution >= 4 is 5.97 Å². The van der Waals surface area contributed by atoms with Crippen LogP contribution in [0.5, 0.6) is 11.5 Å². The summed E-state index contributed by atoms with van der Waals surface area (Å²) in [6.45, 7) is -0.673. The maximum absolute atomic E-state index is 11.1. The van der Waals surface area contributed by atoms with Crippen LogP contribution in [0.1, 0.15) is 0 Å². The summed E-state index contributed by atoms with van der Waals surface area (Å²) in [4.78, 5) is 11.1. The molecule has 2 N–H and O–H groups in total. The van der Waals surface area contributed by atoms with Crippen LogP contribution in [0.3, 0.4) is 0 Å². The van der Waals surface area contributed by atoms with E-state index in [9.17, 15) is 4.79 Å². The van der Waals surface area contributed by atoms with Gasteiger partial charge in [-0.1, -0.05) is 12.1 Å². The summed E-state index contributed by atoms with van der Waals surface area (Å²) in [7, 11) is 1.44. The number of benzene rings is 1. The average Bonchev–Trinajstić information content (AvgIpc) is 2.28. The van der Waals surface area contributed by atoms with E-state index in [1.807, 2.05) is 0 Å². The Labute approximate surface area is 86.9 Å². The van der Waals surface area contributed by atoms with E-state index < -0.39 is 18.7 Å². The predicted molar refractivity (Wildman–Crippen MR) is 51.7 cm³/mol. The summed E-state index contributed by atoms with van der Waals surface area (Å²) in [6.07, 6.45) is -1.53. The molecule has 1 aromatic rings. The molecule has 0 saturated heterocycles. The average molecular weight is 212 g/mol. The lowest BCUT2D eigenvalue weighted by atomic mass is 10.3. The predicted octanol–water partition coefficient (Wildman–Crippen LogP) is -0.0462. The van der Waals surface area contributed by atoms with Gasteiger partial charge in [0.1, 0.15) is 0 Å². The highest BCUT2D eigenvalue weighted by molar-refractivity contribution is 5.77. The fourth-order valence-corrected chi connectivity index (χ4v) is 0.954. The molecule has 82 valence electrons. The Balaban J connectivity index is 2.76. The Bertz CT molecular complexity index is 336. The number of hydrogen-bond acceptors (Lipinski definition) is 5. The number of rotatable bonds is 4. The van der Waals surface area contributed by atoms with Crippen LogP contribution >= 0.6 is 0 Å². The van der Waals surface area contributed by atoms with Crippen molar-refractivity contribution in [2.24, 2.45) is 0 Å². The van der Waals surface area contributed by atoms with Crippen LogP contribution in [0.25, 0.3) is 0 Å². The van der Waals surface area contributed by atoms with E-state index in [2.05, 4.69) is 0 Å². The fraction of sp³-hybridized carbons (Fsp3) is 0.300. The third-order valence-electron chi connectivity index (χ3n) is 1.72. The van der Waals surface area contributed by atoms with E-state index in [1.165, 1.54) is 13.2 Å². The summed E-state index contributed by atoms with van der Waals surface area (Å²) in [5, 5.41) is 17.5. The summed E-state index contributed by atoms with van der Waals surface area (Å²) >= 11 is 0. The Morgan fingerprint density at radius 3 is 2.53 bits per heavy atom. The van der Waals surface area contributed by atoms with Crippen LogP contribution in [0.4, 0.5) is 0 Å². The van der Waals surface area contributed by atoms with Gasteiger partial charge in [-0.05, 0) is 12.1 Å². The minimum absolute atomic E-state index is 0.206. The van der Waals surface area contributed by atoms with Gasteiger partial charge in [-0.2, -0.15) is 0 Å². The molecule has 0 bridgehead atoms. The maximum Gasteiger partial charge on any atom is 0.342 e. The van der Waals surface area contributed by atoms with Gasteiger partial charge < -0.3 is 19.7 Å². The van der Waals surface area contributed by atoms with Gasteiger partial charge in [0.05, 0.1) is 13.7 Å². The van der Waals surface area contributed by atoms with Crippen LogP contribution in [-0.4, -0.2) is 36.0 Å². The number of carbonyl (C=O) groups excluding carboxylic acids is 1. The molecule has 1 aromatic carbocycles. The second kappa shape index (κ2) is 5.33. The zero-order valence-electron chi connectivity index (χ0n) is 8.21. The molecule has 0 unspecified atom stereocenters. The molecule has 1 atom stereocenters. The third kappa shape index (κ3) is 2.93. The lowest BCUT2D eigenvalue weighted by Gasteiger charge is -2.10. The number of ether oxygens (including phenoxy) is 2. The van der Waals surface area contributed by atoms with E-state index in [0.717, 1.165) is 0 Å². The summed E-state index contributed by atoms with van der Waals surface area (Å²) in [5.41, 5.74) is 0. The number of carbonyl (C=O) groups is 1. The van der Waals surface area contributed by atoms with Gasteiger partial charge in [-0.3, -0.25) is 0 Å². The summed E-state index contributed by atoms with van der Waals surface area (Å²) in [6, 6.07) is 6.53. The molecule has 0 aliphatic heterocycles. The van der Waals surface area contributed by atoms with Crippen molar-refractivity contribution in [3.8, 4) is 11.5 Å². The van der Waals surface area contributed by atoms with Crippen LogP contribution in [0.2, 0.25) is 0 Å². The maximum atomic E-state index is 11.1. The molecular weight excluding hydrogens is 200 g/mol. The Morgan fingerprint density at radius 2 is 2.00 bits per heavy atom. The van der Waals surface area contributed by atoms with E-state index in [-0.39, 0.29) is 5.75 Å². The SMILES string of the molecule is COc1ccccc1OC(=O)[C@H](O)CO. The highest BCUT2D eigenvalue weighted by Crippen LogP contribution is 2.25. The van der Waals surface area contributed by atoms with Gasteiger partial charge in [0.25, 0.3) is 0 Å². The highest BCUT2D eigenvalue weighted by atomic mass is 16.6. The Kier molecular flexibility index (Phi) is 4.08. The van der Waals surface area contributed by atoms with Crippen molar-refractivity contribution < 1.29 is 24.5 Å². The van der Waals surface area contributed by atoms with Crippen molar-refractivity contribution in [3.05, 3.63) is 24.3 Å². The first-order valence-electron chi connectivity index (χ1n) is 4.32. The molecule has 0 fully saturated rings. The molecule has 0 aromatic heterocycles. The largest absolute Gasteiger partial charge is 0.493 e. The second-order valence-electron chi connectivity index (χ2n) is 2.77. The molecule has 0 heterocycles. The summed E-state index contributed by atoms with van der Waals surface area (Å²) in [5.74, 6) is -0.324. The molecule has 0 saturated carbocycles. The van der Waals surface area contributed by atoms with Crippen molar-refractivity contribution in [2.75, 3.05) is 13.7 Å². The molecule has 15 heavy (non-hydrogen) atoms. The van der Waals surface area contributed by atoms with E-state index in [1.54, 1.807) is 18.2 Å². The van der Waals surface area contributed by atoms with Crippen molar-refractivity contribution in [1.29, 1.82) is 0 Å². The van der Waals surface area contributed by atoms with Gasteiger partial charge >= 0.3 is 5.97 Å². The lowest BCUT2D eigenvalue weighted by molar-refractivity contribution is -0.145. The van der Waals surface area contributed by atoms with E-state index in [0.29, 0.717) is 5.75 Å². The molecule has 5 nitrogen and oxygen atoms in total. The Hall–Kier alpha value is -1.59. The lowest BCUT2D eigenvalue weighted by Crippen LogP contribution is -2.28. The number of methoxy groups -OCH3 is 1. The zero-order valence-corrected chi connectivity index (χ0v) is 8.21. The first-order chi connectivity index (χ1) is 7.19. The van der Waals surface area contributed by atoms with E-state index in [4.69, 9.17) is 19.7 Å². The van der Waals surface area contributed by atoms with Crippen LogP contribution in [-0.2, 0) is 4.79 Å². The quantitative estimate of drug-likeness (QED) is 0.540. The first-order valence-corrected chi connectivity index (χ1v) is 4.32. The van der Waals surface area contributed by atoms with Gasteiger partial charge in [0, 0.05) is 0 Å². The van der Waals surface area contributed by atoms with E-state index >= 15 is 0 Å². The molecule has 0 aliphatic carbocycles. The molecule has 0 radical (unpaired) electrons. The minimum atomic E-state index is -1.53. The topological polar surface area (TPSA) is 76.0 Å². The van der Waals surface area contributed by atoms with Gasteiger partial charge in [-0.15, -0.1) is 0 Å². The molecule has 0 spiro atoms. The number of para-hydroxylation sites is 2. The van der Waals surface area contributed by atoms with Crippen LogP contribution in [0.15, 0.2) is 24.3 Å². The smallest absolute Gasteiger partial charge is 0.342 e. The number of aliphatic hydroxyl groups is 2. The minimum Gasteiger partial charge on any atom is -0.493 e. The number of hydrogen-bond donors (Lipinski definition) is 2.